The van der Waals surface area contributed by atoms with Gasteiger partial charge in [-0.05, 0) is 42.3 Å². The van der Waals surface area contributed by atoms with Gasteiger partial charge in [-0.25, -0.2) is 0 Å². The Morgan fingerprint density at radius 1 is 1.09 bits per heavy atom. The lowest BCUT2D eigenvalue weighted by molar-refractivity contribution is 0.174. The molecule has 0 bridgehead atoms. The van der Waals surface area contributed by atoms with Gasteiger partial charge in [0, 0.05) is 23.7 Å². The van der Waals surface area contributed by atoms with E-state index in [9.17, 15) is 0 Å². The largest absolute Gasteiger partial charge is 0.493 e. The maximum atomic E-state index is 6.10. The van der Waals surface area contributed by atoms with Gasteiger partial charge < -0.3 is 19.5 Å². The number of rotatable bonds is 7. The molecule has 0 amide bonds. The molecule has 5 heteroatoms. The summed E-state index contributed by atoms with van der Waals surface area (Å²) in [6, 6.07) is 11.7. The van der Waals surface area contributed by atoms with Crippen LogP contribution in [-0.2, 0) is 13.1 Å². The van der Waals surface area contributed by atoms with E-state index in [0.29, 0.717) is 25.0 Å². The van der Waals surface area contributed by atoms with Crippen LogP contribution < -0.4 is 19.5 Å². The van der Waals surface area contributed by atoms with Crippen molar-refractivity contribution in [2.75, 3.05) is 13.4 Å². The molecule has 0 saturated heterocycles. The van der Waals surface area contributed by atoms with Gasteiger partial charge in [-0.15, -0.1) is 0 Å². The molecule has 1 aliphatic heterocycles. The smallest absolute Gasteiger partial charge is 0.231 e. The summed E-state index contributed by atoms with van der Waals surface area (Å²) < 4.78 is 16.5. The Kier molecular flexibility index (Phi) is 5.26. The van der Waals surface area contributed by atoms with E-state index >= 15 is 0 Å². The first kappa shape index (κ1) is 16.0. The molecule has 0 radical (unpaired) electrons. The van der Waals surface area contributed by atoms with Gasteiger partial charge in [0.05, 0.1) is 6.61 Å². The molecule has 0 saturated carbocycles. The van der Waals surface area contributed by atoms with E-state index in [-0.39, 0.29) is 0 Å². The van der Waals surface area contributed by atoms with E-state index in [2.05, 4.69) is 12.2 Å². The van der Waals surface area contributed by atoms with E-state index in [1.54, 1.807) is 0 Å². The summed E-state index contributed by atoms with van der Waals surface area (Å²) in [5, 5.41) is 4.13. The molecule has 2 aromatic rings. The van der Waals surface area contributed by atoms with Gasteiger partial charge in [0.1, 0.15) is 5.75 Å². The Morgan fingerprint density at radius 3 is 2.83 bits per heavy atom. The highest BCUT2D eigenvalue weighted by atomic mass is 35.5. The van der Waals surface area contributed by atoms with E-state index < -0.39 is 0 Å². The van der Waals surface area contributed by atoms with E-state index in [1.165, 1.54) is 0 Å². The van der Waals surface area contributed by atoms with Crippen LogP contribution in [0.5, 0.6) is 17.2 Å². The summed E-state index contributed by atoms with van der Waals surface area (Å²) in [5.74, 6) is 2.49. The second kappa shape index (κ2) is 7.57. The van der Waals surface area contributed by atoms with Crippen LogP contribution >= 0.6 is 11.6 Å². The molecule has 4 nitrogen and oxygen atoms in total. The molecule has 0 fully saturated rings. The predicted octanol–water partition coefficient (Wildman–Crippen LogP) is 4.15. The van der Waals surface area contributed by atoms with Crippen LogP contribution in [0.2, 0.25) is 5.02 Å². The van der Waals surface area contributed by atoms with Crippen LogP contribution in [0.25, 0.3) is 0 Å². The van der Waals surface area contributed by atoms with Crippen molar-refractivity contribution in [3.8, 4) is 17.2 Å². The predicted molar refractivity (Wildman–Crippen MR) is 90.3 cm³/mol. The minimum atomic E-state index is 0.298. The van der Waals surface area contributed by atoms with E-state index in [0.717, 1.165) is 41.3 Å². The Bertz CT molecular complexity index is 675. The van der Waals surface area contributed by atoms with E-state index in [1.807, 2.05) is 36.4 Å². The minimum absolute atomic E-state index is 0.298. The fourth-order valence-electron chi connectivity index (χ4n) is 2.43. The SMILES string of the molecule is CCCOc1ccc(Cl)cc1CNCc1ccc2c(c1)OCO2. The van der Waals surface area contributed by atoms with E-state index in [4.69, 9.17) is 25.8 Å². The quantitative estimate of drug-likeness (QED) is 0.826. The standard InChI is InChI=1S/C18H20ClNO3/c1-2-7-21-16-6-4-15(19)9-14(16)11-20-10-13-3-5-17-18(8-13)23-12-22-17/h3-6,8-9,20H,2,7,10-12H2,1H3. The molecule has 2 aromatic carbocycles. The molecule has 23 heavy (non-hydrogen) atoms. The number of benzene rings is 2. The van der Waals surface area contributed by atoms with Crippen LogP contribution in [0.15, 0.2) is 36.4 Å². The highest BCUT2D eigenvalue weighted by Crippen LogP contribution is 2.32. The molecule has 0 spiro atoms. The van der Waals surface area contributed by atoms with Gasteiger partial charge in [0.15, 0.2) is 11.5 Å². The van der Waals surface area contributed by atoms with Gasteiger partial charge in [0.25, 0.3) is 0 Å². The lowest BCUT2D eigenvalue weighted by atomic mass is 10.1. The zero-order valence-corrected chi connectivity index (χ0v) is 13.9. The van der Waals surface area contributed by atoms with Crippen molar-refractivity contribution in [1.29, 1.82) is 0 Å². The maximum absolute atomic E-state index is 6.10. The second-order valence-corrected chi connectivity index (χ2v) is 5.83. The Balaban J connectivity index is 1.60. The molecule has 1 aliphatic rings. The Morgan fingerprint density at radius 2 is 1.96 bits per heavy atom. The molecule has 0 atom stereocenters. The maximum Gasteiger partial charge on any atom is 0.231 e. The summed E-state index contributed by atoms with van der Waals surface area (Å²) in [7, 11) is 0. The third kappa shape index (κ3) is 4.09. The Hall–Kier alpha value is -1.91. The van der Waals surface area contributed by atoms with Crippen molar-refractivity contribution >= 4 is 11.6 Å². The molecule has 3 rings (SSSR count). The fraction of sp³-hybridized carbons (Fsp3) is 0.333. The number of ether oxygens (including phenoxy) is 3. The summed E-state index contributed by atoms with van der Waals surface area (Å²) in [6.07, 6.45) is 0.979. The fourth-order valence-corrected chi connectivity index (χ4v) is 2.63. The zero-order valence-electron chi connectivity index (χ0n) is 13.1. The van der Waals surface area contributed by atoms with Gasteiger partial charge in [0.2, 0.25) is 6.79 Å². The van der Waals surface area contributed by atoms with Crippen molar-refractivity contribution in [2.45, 2.75) is 26.4 Å². The minimum Gasteiger partial charge on any atom is -0.493 e. The molecule has 0 aromatic heterocycles. The summed E-state index contributed by atoms with van der Waals surface area (Å²) in [6.45, 7) is 4.52. The first-order valence-electron chi connectivity index (χ1n) is 7.76. The highest BCUT2D eigenvalue weighted by molar-refractivity contribution is 6.30. The first-order valence-corrected chi connectivity index (χ1v) is 8.14. The van der Waals surface area contributed by atoms with Crippen molar-refractivity contribution in [1.82, 2.24) is 5.32 Å². The van der Waals surface area contributed by atoms with Crippen molar-refractivity contribution in [2.24, 2.45) is 0 Å². The summed E-state index contributed by atoms with van der Waals surface area (Å²) >= 11 is 6.10. The van der Waals surface area contributed by atoms with Gasteiger partial charge in [-0.1, -0.05) is 24.6 Å². The average Bonchev–Trinajstić information content (AvgIpc) is 3.02. The zero-order chi connectivity index (χ0) is 16.1. The first-order chi connectivity index (χ1) is 11.3. The number of hydrogen-bond acceptors (Lipinski definition) is 4. The monoisotopic (exact) mass is 333 g/mol. The molecule has 1 heterocycles. The van der Waals surface area contributed by atoms with Gasteiger partial charge >= 0.3 is 0 Å². The third-order valence-electron chi connectivity index (χ3n) is 3.57. The lowest BCUT2D eigenvalue weighted by Gasteiger charge is -2.12. The van der Waals surface area contributed by atoms with Crippen LogP contribution in [0.4, 0.5) is 0 Å². The molecule has 122 valence electrons. The van der Waals surface area contributed by atoms with Crippen molar-refractivity contribution in [3.63, 3.8) is 0 Å². The third-order valence-corrected chi connectivity index (χ3v) is 3.80. The second-order valence-electron chi connectivity index (χ2n) is 5.39. The van der Waals surface area contributed by atoms with Crippen molar-refractivity contribution in [3.05, 3.63) is 52.5 Å². The molecule has 0 aliphatic carbocycles. The van der Waals surface area contributed by atoms with Crippen LogP contribution in [0.3, 0.4) is 0 Å². The average molecular weight is 334 g/mol. The number of fused-ring (bicyclic) bond motifs is 1. The molecule has 0 unspecified atom stereocenters. The normalized spacial score (nSPS) is 12.4. The van der Waals surface area contributed by atoms with Crippen LogP contribution in [-0.4, -0.2) is 13.4 Å². The summed E-state index contributed by atoms with van der Waals surface area (Å²) in [5.41, 5.74) is 2.21. The van der Waals surface area contributed by atoms with Gasteiger partial charge in [-0.2, -0.15) is 0 Å². The topological polar surface area (TPSA) is 39.7 Å². The Labute approximate surface area is 141 Å². The molecular weight excluding hydrogens is 314 g/mol. The van der Waals surface area contributed by atoms with Gasteiger partial charge in [-0.3, -0.25) is 0 Å². The lowest BCUT2D eigenvalue weighted by Crippen LogP contribution is -2.13. The van der Waals surface area contributed by atoms with Crippen LogP contribution in [0, 0.1) is 0 Å². The number of nitrogens with one attached hydrogen (secondary N) is 1. The molecule has 1 N–H and O–H groups in total. The molecular formula is C18H20ClNO3. The highest BCUT2D eigenvalue weighted by Gasteiger charge is 2.13. The number of hydrogen-bond donors (Lipinski definition) is 1. The van der Waals surface area contributed by atoms with Crippen molar-refractivity contribution < 1.29 is 14.2 Å². The van der Waals surface area contributed by atoms with Crippen LogP contribution in [0.1, 0.15) is 24.5 Å². The summed E-state index contributed by atoms with van der Waals surface area (Å²) in [4.78, 5) is 0. The number of halogens is 1.